The van der Waals surface area contributed by atoms with Gasteiger partial charge in [-0.05, 0) is 56.5 Å². The fourth-order valence-electron chi connectivity index (χ4n) is 4.08. The third kappa shape index (κ3) is 3.13. The molecule has 5 heteroatoms. The van der Waals surface area contributed by atoms with E-state index < -0.39 is 0 Å². The number of benzene rings is 1. The Morgan fingerprint density at radius 1 is 1.38 bits per heavy atom. The molecule has 0 saturated carbocycles. The number of aromatic amines is 1. The number of hydrogen-bond donors (Lipinski definition) is 1. The Hall–Kier alpha value is -2.58. The van der Waals surface area contributed by atoms with E-state index >= 15 is 0 Å². The lowest BCUT2D eigenvalue weighted by Gasteiger charge is -2.31. The lowest BCUT2D eigenvalue weighted by atomic mass is 9.97. The molecule has 0 aliphatic carbocycles. The number of H-pyrrole nitrogens is 1. The minimum absolute atomic E-state index is 0.444. The summed E-state index contributed by atoms with van der Waals surface area (Å²) in [4.78, 5) is 10.9. The molecule has 0 unspecified atom stereocenters. The molecule has 0 radical (unpaired) electrons. The second kappa shape index (κ2) is 6.97. The number of fused-ring (bicyclic) bond motifs is 1. The number of rotatable bonds is 4. The third-order valence-electron chi connectivity index (χ3n) is 5.44. The molecule has 1 saturated heterocycles. The van der Waals surface area contributed by atoms with E-state index in [1.807, 2.05) is 10.6 Å². The van der Waals surface area contributed by atoms with E-state index in [1.54, 1.807) is 0 Å². The molecule has 0 spiro atoms. The first-order valence-electron chi connectivity index (χ1n) is 9.44. The fraction of sp³-hybridized carbons (Fsp3) is 0.429. The van der Waals surface area contributed by atoms with Crippen LogP contribution < -0.4 is 0 Å². The number of nitrogens with one attached hydrogen (secondary N) is 1. The SMILES string of the molecule is CCn1cc(CN2CCC[C@H](c3nc4c(C)cccc4[nH]3)C2)cc1C#N. The van der Waals surface area contributed by atoms with E-state index in [9.17, 15) is 5.26 Å². The first-order valence-corrected chi connectivity index (χ1v) is 9.44. The van der Waals surface area contributed by atoms with Crippen LogP contribution in [0.15, 0.2) is 30.5 Å². The topological polar surface area (TPSA) is 60.6 Å². The third-order valence-corrected chi connectivity index (χ3v) is 5.44. The van der Waals surface area contributed by atoms with Crippen molar-refractivity contribution in [2.24, 2.45) is 0 Å². The number of piperidine rings is 1. The second-order valence-electron chi connectivity index (χ2n) is 7.30. The molecule has 0 amide bonds. The number of nitrogens with zero attached hydrogens (tertiary/aromatic N) is 4. The summed E-state index contributed by atoms with van der Waals surface area (Å²) in [5, 5.41) is 9.25. The summed E-state index contributed by atoms with van der Waals surface area (Å²) in [6.45, 7) is 8.05. The van der Waals surface area contributed by atoms with Crippen molar-refractivity contribution in [2.45, 2.75) is 45.7 Å². The molecule has 1 aliphatic rings. The number of hydrogen-bond acceptors (Lipinski definition) is 3. The van der Waals surface area contributed by atoms with Crippen molar-refractivity contribution in [2.75, 3.05) is 13.1 Å². The minimum Gasteiger partial charge on any atom is -0.342 e. The molecule has 1 aliphatic heterocycles. The van der Waals surface area contributed by atoms with Crippen molar-refractivity contribution in [3.8, 4) is 6.07 Å². The quantitative estimate of drug-likeness (QED) is 0.777. The second-order valence-corrected chi connectivity index (χ2v) is 7.30. The average Bonchev–Trinajstić information content (AvgIpc) is 3.26. The van der Waals surface area contributed by atoms with Crippen molar-refractivity contribution < 1.29 is 0 Å². The minimum atomic E-state index is 0.444. The Bertz CT molecular complexity index is 959. The normalized spacial score (nSPS) is 18.3. The van der Waals surface area contributed by atoms with Gasteiger partial charge in [-0.1, -0.05) is 12.1 Å². The average molecular weight is 347 g/mol. The highest BCUT2D eigenvalue weighted by Crippen LogP contribution is 2.28. The van der Waals surface area contributed by atoms with Gasteiger partial charge < -0.3 is 9.55 Å². The first kappa shape index (κ1) is 16.9. The van der Waals surface area contributed by atoms with Crippen LogP contribution in [0.4, 0.5) is 0 Å². The molecule has 3 heterocycles. The molecular weight excluding hydrogens is 322 g/mol. The maximum absolute atomic E-state index is 9.25. The standard InChI is InChI=1S/C21H25N5/c1-3-26-13-16(10-18(26)11-22)12-25-9-5-7-17(14-25)21-23-19-8-4-6-15(2)20(19)24-21/h4,6,8,10,13,17H,3,5,7,9,12,14H2,1-2H3,(H,23,24)/t17-/m0/s1. The van der Waals surface area contributed by atoms with Crippen molar-refractivity contribution in [3.05, 3.63) is 53.1 Å². The van der Waals surface area contributed by atoms with Crippen LogP contribution in [0.1, 0.15) is 48.3 Å². The van der Waals surface area contributed by atoms with Gasteiger partial charge in [0, 0.05) is 31.7 Å². The Morgan fingerprint density at radius 2 is 2.27 bits per heavy atom. The number of aromatic nitrogens is 3. The van der Waals surface area contributed by atoms with Crippen LogP contribution in [0.2, 0.25) is 0 Å². The number of likely N-dealkylation sites (tertiary alicyclic amines) is 1. The van der Waals surface area contributed by atoms with Gasteiger partial charge in [-0.3, -0.25) is 4.90 Å². The zero-order valence-electron chi connectivity index (χ0n) is 15.5. The Balaban J connectivity index is 1.51. The lowest BCUT2D eigenvalue weighted by Crippen LogP contribution is -2.34. The summed E-state index contributed by atoms with van der Waals surface area (Å²) >= 11 is 0. The highest BCUT2D eigenvalue weighted by Gasteiger charge is 2.24. The number of aryl methyl sites for hydroxylation is 2. The molecule has 1 aromatic carbocycles. The van der Waals surface area contributed by atoms with Crippen LogP contribution in [0.5, 0.6) is 0 Å². The molecule has 1 fully saturated rings. The zero-order valence-corrected chi connectivity index (χ0v) is 15.5. The highest BCUT2D eigenvalue weighted by molar-refractivity contribution is 5.78. The smallest absolute Gasteiger partial charge is 0.120 e. The predicted octanol–water partition coefficient (Wildman–Crippen LogP) is 3.94. The first-order chi connectivity index (χ1) is 12.7. The van der Waals surface area contributed by atoms with E-state index in [1.165, 1.54) is 24.0 Å². The van der Waals surface area contributed by atoms with E-state index in [2.05, 4.69) is 54.2 Å². The van der Waals surface area contributed by atoms with Gasteiger partial charge in [0.1, 0.15) is 17.6 Å². The van der Waals surface area contributed by atoms with Crippen molar-refractivity contribution in [1.82, 2.24) is 19.4 Å². The molecule has 26 heavy (non-hydrogen) atoms. The van der Waals surface area contributed by atoms with Gasteiger partial charge in [0.2, 0.25) is 0 Å². The summed E-state index contributed by atoms with van der Waals surface area (Å²) in [5.41, 5.74) is 5.44. The molecule has 3 aromatic rings. The largest absolute Gasteiger partial charge is 0.342 e. The number of imidazole rings is 1. The molecule has 2 aromatic heterocycles. The van der Waals surface area contributed by atoms with Crippen LogP contribution in [-0.4, -0.2) is 32.5 Å². The Labute approximate surface area is 154 Å². The van der Waals surface area contributed by atoms with E-state index in [4.69, 9.17) is 4.98 Å². The molecule has 4 rings (SSSR count). The molecule has 134 valence electrons. The summed E-state index contributed by atoms with van der Waals surface area (Å²) in [5.74, 6) is 1.56. The van der Waals surface area contributed by atoms with Gasteiger partial charge in [0.25, 0.3) is 0 Å². The van der Waals surface area contributed by atoms with Gasteiger partial charge in [0.05, 0.1) is 11.0 Å². The molecule has 1 N–H and O–H groups in total. The zero-order chi connectivity index (χ0) is 18.1. The van der Waals surface area contributed by atoms with Crippen molar-refractivity contribution in [1.29, 1.82) is 5.26 Å². The number of nitriles is 1. The summed E-state index contributed by atoms with van der Waals surface area (Å²) in [7, 11) is 0. The lowest BCUT2D eigenvalue weighted by molar-refractivity contribution is 0.197. The van der Waals surface area contributed by atoms with Gasteiger partial charge in [-0.2, -0.15) is 5.26 Å². The van der Waals surface area contributed by atoms with Crippen LogP contribution in [0.25, 0.3) is 11.0 Å². The predicted molar refractivity (Wildman–Crippen MR) is 103 cm³/mol. The van der Waals surface area contributed by atoms with E-state index in [-0.39, 0.29) is 0 Å². The maximum Gasteiger partial charge on any atom is 0.120 e. The number of para-hydroxylation sites is 1. The van der Waals surface area contributed by atoms with E-state index in [0.29, 0.717) is 5.92 Å². The molecular formula is C21H25N5. The maximum atomic E-state index is 9.25. The van der Waals surface area contributed by atoms with Crippen LogP contribution in [-0.2, 0) is 13.1 Å². The van der Waals surface area contributed by atoms with E-state index in [0.717, 1.165) is 48.7 Å². The fourth-order valence-corrected chi connectivity index (χ4v) is 4.08. The van der Waals surface area contributed by atoms with Gasteiger partial charge in [-0.25, -0.2) is 4.98 Å². The summed E-state index contributed by atoms with van der Waals surface area (Å²) in [6.07, 6.45) is 4.47. The van der Waals surface area contributed by atoms with Crippen molar-refractivity contribution in [3.63, 3.8) is 0 Å². The van der Waals surface area contributed by atoms with Gasteiger partial charge in [-0.15, -0.1) is 0 Å². The molecule has 0 bridgehead atoms. The Kier molecular flexibility index (Phi) is 4.52. The van der Waals surface area contributed by atoms with Crippen LogP contribution in [0, 0.1) is 18.3 Å². The van der Waals surface area contributed by atoms with Gasteiger partial charge >= 0.3 is 0 Å². The van der Waals surface area contributed by atoms with Crippen LogP contribution >= 0.6 is 0 Å². The Morgan fingerprint density at radius 3 is 3.00 bits per heavy atom. The highest BCUT2D eigenvalue weighted by atomic mass is 15.1. The summed E-state index contributed by atoms with van der Waals surface area (Å²) < 4.78 is 2.03. The molecule has 5 nitrogen and oxygen atoms in total. The molecule has 1 atom stereocenters. The van der Waals surface area contributed by atoms with Crippen LogP contribution in [0.3, 0.4) is 0 Å². The van der Waals surface area contributed by atoms with Crippen molar-refractivity contribution >= 4 is 11.0 Å². The van der Waals surface area contributed by atoms with Gasteiger partial charge in [0.15, 0.2) is 0 Å². The monoisotopic (exact) mass is 347 g/mol. The summed E-state index contributed by atoms with van der Waals surface area (Å²) in [6, 6.07) is 10.6.